The molecule has 4 nitrogen and oxygen atoms in total. The molecule has 1 aliphatic rings. The molecule has 0 atom stereocenters. The highest BCUT2D eigenvalue weighted by atomic mass is 33.1. The number of nitrogens with zero attached hydrogens (tertiary/aromatic N) is 1. The summed E-state index contributed by atoms with van der Waals surface area (Å²) in [7, 11) is 3.82. The van der Waals surface area contributed by atoms with E-state index >= 15 is 0 Å². The molecule has 0 aromatic heterocycles. The Morgan fingerprint density at radius 1 is 1.38 bits per heavy atom. The highest BCUT2D eigenvalue weighted by Crippen LogP contribution is 2.23. The quantitative estimate of drug-likeness (QED) is 0.305. The molecule has 0 spiro atoms. The second kappa shape index (κ2) is 6.53. The smallest absolute Gasteiger partial charge is 0.235 e. The van der Waals surface area contributed by atoms with E-state index in [9.17, 15) is 4.79 Å². The van der Waals surface area contributed by atoms with Crippen LogP contribution in [0.2, 0.25) is 0 Å². The molecule has 1 aliphatic heterocycles. The maximum Gasteiger partial charge on any atom is 0.235 e. The lowest BCUT2D eigenvalue weighted by molar-refractivity contribution is -0.121. The summed E-state index contributed by atoms with van der Waals surface area (Å²) >= 11 is 0. The van der Waals surface area contributed by atoms with Crippen LogP contribution in [0, 0.1) is 0 Å². The Hall–Kier alpha value is 0.0900. The van der Waals surface area contributed by atoms with Gasteiger partial charge in [0.25, 0.3) is 0 Å². The van der Waals surface area contributed by atoms with Gasteiger partial charge in [-0.25, -0.2) is 5.84 Å². The van der Waals surface area contributed by atoms with Gasteiger partial charge in [-0.3, -0.25) is 10.2 Å². The van der Waals surface area contributed by atoms with Gasteiger partial charge in [-0.2, -0.15) is 0 Å². The SMILES string of the molecule is NNC(=O)CCN1CCSSCC1. The van der Waals surface area contributed by atoms with Crippen LogP contribution in [-0.2, 0) is 4.79 Å². The van der Waals surface area contributed by atoms with E-state index in [4.69, 9.17) is 5.84 Å². The van der Waals surface area contributed by atoms with Gasteiger partial charge in [0.2, 0.25) is 5.91 Å². The van der Waals surface area contributed by atoms with Gasteiger partial charge < -0.3 is 4.90 Å². The van der Waals surface area contributed by atoms with Crippen LogP contribution >= 0.6 is 21.6 Å². The van der Waals surface area contributed by atoms with Gasteiger partial charge in [-0.1, -0.05) is 21.6 Å². The molecule has 3 N–H and O–H groups in total. The predicted octanol–water partition coefficient (Wildman–Crippen LogP) is 0.0634. The van der Waals surface area contributed by atoms with E-state index < -0.39 is 0 Å². The van der Waals surface area contributed by atoms with Gasteiger partial charge in [-0.15, -0.1) is 0 Å². The first-order chi connectivity index (χ1) is 6.33. The molecule has 13 heavy (non-hydrogen) atoms. The van der Waals surface area contributed by atoms with Crippen LogP contribution in [0.5, 0.6) is 0 Å². The molecular weight excluding hydrogens is 206 g/mol. The van der Waals surface area contributed by atoms with Crippen molar-refractivity contribution in [1.29, 1.82) is 0 Å². The number of nitrogens with one attached hydrogen (secondary N) is 1. The van der Waals surface area contributed by atoms with Crippen LogP contribution in [-0.4, -0.2) is 41.9 Å². The molecule has 0 radical (unpaired) electrons. The lowest BCUT2D eigenvalue weighted by atomic mass is 10.3. The first-order valence-electron chi connectivity index (χ1n) is 4.29. The standard InChI is InChI=1S/C7H15N3OS2/c8-9-7(11)1-2-10-3-5-12-13-6-4-10/h1-6,8H2,(H,9,11). The van der Waals surface area contributed by atoms with Crippen molar-refractivity contribution in [2.24, 2.45) is 5.84 Å². The molecule has 76 valence electrons. The van der Waals surface area contributed by atoms with Gasteiger partial charge >= 0.3 is 0 Å². The van der Waals surface area contributed by atoms with E-state index in [1.165, 1.54) is 0 Å². The van der Waals surface area contributed by atoms with Crippen molar-refractivity contribution in [3.63, 3.8) is 0 Å². The van der Waals surface area contributed by atoms with Crippen molar-refractivity contribution in [1.82, 2.24) is 10.3 Å². The summed E-state index contributed by atoms with van der Waals surface area (Å²) in [5.74, 6) is 7.21. The van der Waals surface area contributed by atoms with E-state index in [1.807, 2.05) is 21.6 Å². The minimum atomic E-state index is -0.0791. The van der Waals surface area contributed by atoms with Gasteiger partial charge in [0.05, 0.1) is 0 Å². The molecule has 1 saturated heterocycles. The Balaban J connectivity index is 2.15. The summed E-state index contributed by atoms with van der Waals surface area (Å²) in [6.07, 6.45) is 0.506. The molecule has 1 fully saturated rings. The zero-order valence-electron chi connectivity index (χ0n) is 7.49. The summed E-state index contributed by atoms with van der Waals surface area (Å²) in [6, 6.07) is 0. The zero-order valence-corrected chi connectivity index (χ0v) is 9.12. The number of rotatable bonds is 3. The van der Waals surface area contributed by atoms with Crippen molar-refractivity contribution < 1.29 is 4.79 Å². The van der Waals surface area contributed by atoms with Crippen molar-refractivity contribution in [3.05, 3.63) is 0 Å². The molecule has 0 aliphatic carbocycles. The van der Waals surface area contributed by atoms with Crippen LogP contribution in [0.15, 0.2) is 0 Å². The second-order valence-corrected chi connectivity index (χ2v) is 5.51. The van der Waals surface area contributed by atoms with E-state index in [2.05, 4.69) is 10.3 Å². The number of carbonyl (C=O) groups excluding carboxylic acids is 1. The van der Waals surface area contributed by atoms with Crippen molar-refractivity contribution in [2.45, 2.75) is 6.42 Å². The number of nitrogens with two attached hydrogens (primary N) is 1. The van der Waals surface area contributed by atoms with Crippen LogP contribution in [0.3, 0.4) is 0 Å². The fourth-order valence-corrected chi connectivity index (χ4v) is 3.17. The Labute approximate surface area is 86.4 Å². The highest BCUT2D eigenvalue weighted by molar-refractivity contribution is 8.76. The Morgan fingerprint density at radius 3 is 2.54 bits per heavy atom. The zero-order chi connectivity index (χ0) is 9.52. The lowest BCUT2D eigenvalue weighted by Crippen LogP contribution is -2.35. The number of hydrogen-bond donors (Lipinski definition) is 2. The van der Waals surface area contributed by atoms with Gasteiger partial charge in [-0.05, 0) is 0 Å². The summed E-state index contributed by atoms with van der Waals surface area (Å²) in [5, 5.41) is 0. The number of hydrogen-bond acceptors (Lipinski definition) is 5. The third kappa shape index (κ3) is 4.75. The molecule has 0 saturated carbocycles. The third-order valence-corrected chi connectivity index (χ3v) is 4.25. The van der Waals surface area contributed by atoms with Crippen LogP contribution in [0.1, 0.15) is 6.42 Å². The second-order valence-electron chi connectivity index (χ2n) is 2.80. The summed E-state index contributed by atoms with van der Waals surface area (Å²) < 4.78 is 0. The molecular formula is C7H15N3OS2. The minimum absolute atomic E-state index is 0.0791. The van der Waals surface area contributed by atoms with E-state index in [1.54, 1.807) is 0 Å². The average molecular weight is 221 g/mol. The maximum absolute atomic E-state index is 10.9. The molecule has 0 bridgehead atoms. The third-order valence-electron chi connectivity index (χ3n) is 1.88. The largest absolute Gasteiger partial charge is 0.301 e. The Bertz CT molecular complexity index is 160. The van der Waals surface area contributed by atoms with Gasteiger partial charge in [0, 0.05) is 37.6 Å². The highest BCUT2D eigenvalue weighted by Gasteiger charge is 2.10. The summed E-state index contributed by atoms with van der Waals surface area (Å²) in [4.78, 5) is 13.2. The molecule has 1 rings (SSSR count). The lowest BCUT2D eigenvalue weighted by Gasteiger charge is -2.17. The van der Waals surface area contributed by atoms with Crippen LogP contribution in [0.4, 0.5) is 0 Å². The molecule has 6 heteroatoms. The molecule has 0 unspecified atom stereocenters. The first-order valence-corrected chi connectivity index (χ1v) is 6.78. The maximum atomic E-state index is 10.9. The molecule has 0 aromatic rings. The summed E-state index contributed by atoms with van der Waals surface area (Å²) in [6.45, 7) is 2.98. The van der Waals surface area contributed by atoms with Crippen LogP contribution in [0.25, 0.3) is 0 Å². The average Bonchev–Trinajstić information content (AvgIpc) is 2.42. The van der Waals surface area contributed by atoms with E-state index in [-0.39, 0.29) is 5.91 Å². The monoisotopic (exact) mass is 221 g/mol. The number of hydrazine groups is 1. The van der Waals surface area contributed by atoms with Crippen molar-refractivity contribution in [2.75, 3.05) is 31.1 Å². The summed E-state index contributed by atoms with van der Waals surface area (Å²) in [5.41, 5.74) is 2.14. The molecule has 1 heterocycles. The fourth-order valence-electron chi connectivity index (χ4n) is 1.12. The number of carbonyl (C=O) groups is 1. The number of amides is 1. The molecule has 1 amide bonds. The normalized spacial score (nSPS) is 19.5. The van der Waals surface area contributed by atoms with E-state index in [0.29, 0.717) is 6.42 Å². The predicted molar refractivity (Wildman–Crippen MR) is 58.3 cm³/mol. The topological polar surface area (TPSA) is 58.4 Å². The van der Waals surface area contributed by atoms with E-state index in [0.717, 1.165) is 31.1 Å². The Morgan fingerprint density at radius 2 is 2.00 bits per heavy atom. The first kappa shape index (κ1) is 11.2. The minimum Gasteiger partial charge on any atom is -0.301 e. The van der Waals surface area contributed by atoms with Gasteiger partial charge in [0.15, 0.2) is 0 Å². The van der Waals surface area contributed by atoms with Gasteiger partial charge in [0.1, 0.15) is 0 Å². The fraction of sp³-hybridized carbons (Fsp3) is 0.857. The van der Waals surface area contributed by atoms with Crippen molar-refractivity contribution in [3.8, 4) is 0 Å². The van der Waals surface area contributed by atoms with Crippen LogP contribution < -0.4 is 11.3 Å². The molecule has 0 aromatic carbocycles. The van der Waals surface area contributed by atoms with Crippen molar-refractivity contribution >= 4 is 27.5 Å². The Kier molecular flexibility index (Phi) is 5.61.